The Morgan fingerprint density at radius 3 is 2.00 bits per heavy atom. The van der Waals surface area contributed by atoms with E-state index in [0.29, 0.717) is 0 Å². The molecule has 0 unspecified atom stereocenters. The van der Waals surface area contributed by atoms with Gasteiger partial charge in [-0.1, -0.05) is 0 Å². The molecule has 0 aliphatic heterocycles. The van der Waals surface area contributed by atoms with Gasteiger partial charge in [-0.05, 0) is 0 Å². The molecule has 0 bridgehead atoms. The normalized spacial score (nSPS) is 9.00. The first kappa shape index (κ1) is 6.74. The van der Waals surface area contributed by atoms with Crippen molar-refractivity contribution in [2.45, 2.75) is 0 Å². The van der Waals surface area contributed by atoms with Crippen molar-refractivity contribution in [3.63, 3.8) is 0 Å². The van der Waals surface area contributed by atoms with E-state index in [4.69, 9.17) is 23.8 Å². The fraction of sp³-hybridized carbons (Fsp3) is 0. The maximum atomic E-state index is 6.31. The van der Waals surface area contributed by atoms with Gasteiger partial charge in [0.25, 0.3) is 0 Å². The summed E-state index contributed by atoms with van der Waals surface area (Å²) in [4.78, 5) is 0. The zero-order valence-corrected chi connectivity index (χ0v) is 6.22. The Labute approximate surface area is 58.3 Å². The molecule has 5 heavy (non-hydrogen) atoms. The molecular formula is H2BCl2PPd+. The van der Waals surface area contributed by atoms with E-state index in [0.717, 1.165) is 7.53 Å². The average Bonchev–Trinajstić information content (AvgIpc) is 1.38. The zero-order valence-electron chi connectivity index (χ0n) is 3.15. The quantitative estimate of drug-likeness (QED) is 0.463. The maximum Gasteiger partial charge on any atom is 0.375 e. The summed E-state index contributed by atoms with van der Waals surface area (Å²) in [5.74, 6) is 0. The Morgan fingerprint density at radius 2 is 2.00 bits per heavy atom. The van der Waals surface area contributed by atoms with Crippen molar-refractivity contribution in [1.29, 1.82) is 1.34 Å². The number of hydrogen-bond acceptors (Lipinski definition) is 0. The number of rotatable bonds is 1. The van der Waals surface area contributed by atoms with E-state index in [9.17, 15) is 0 Å². The Hall–Kier alpha value is 1.74. The second-order valence-corrected chi connectivity index (χ2v) is 3.89. The molecule has 0 heterocycles. The fourth-order valence-electron chi connectivity index (χ4n) is 0. The van der Waals surface area contributed by atoms with Crippen LogP contribution in [0.1, 0.15) is 0 Å². The van der Waals surface area contributed by atoms with Crippen LogP contribution in [0.4, 0.5) is 0 Å². The summed E-state index contributed by atoms with van der Waals surface area (Å²) in [6.45, 7) is -1.39. The Bertz CT molecular complexity index is 27.5. The second kappa shape index (κ2) is 5.74. The van der Waals surface area contributed by atoms with Gasteiger partial charge in [0.1, 0.15) is 6.51 Å². The van der Waals surface area contributed by atoms with E-state index in [2.05, 4.69) is 0 Å². The van der Waals surface area contributed by atoms with Gasteiger partial charge in [-0.3, -0.25) is 0 Å². The monoisotopic (exact) mass is 221 g/mol. The van der Waals surface area contributed by atoms with Crippen molar-refractivity contribution >= 4 is 36.5 Å². The summed E-state index contributed by atoms with van der Waals surface area (Å²) < 4.78 is 6.31. The molecule has 0 spiro atoms. The van der Waals surface area contributed by atoms with Gasteiger partial charge in [-0.2, -0.15) is 0 Å². The van der Waals surface area contributed by atoms with Crippen molar-refractivity contribution in [3.05, 3.63) is 0 Å². The fourth-order valence-corrected chi connectivity index (χ4v) is 0. The van der Waals surface area contributed by atoms with Crippen LogP contribution in [-0.2, 0) is 20.4 Å². The van der Waals surface area contributed by atoms with Gasteiger partial charge in [-0.25, -0.2) is 0 Å². The topological polar surface area (TPSA) is 0 Å². The van der Waals surface area contributed by atoms with Gasteiger partial charge in [0, 0.05) is 21.8 Å². The molecule has 0 saturated carbocycles. The smallest absolute Gasteiger partial charge is 0 e. The second-order valence-electron chi connectivity index (χ2n) is 0.290. The van der Waals surface area contributed by atoms with Crippen LogP contribution in [0.5, 0.6) is 0 Å². The van der Waals surface area contributed by atoms with Crippen LogP contribution >= 0.6 is 29.0 Å². The molecule has 0 aromatic carbocycles. The van der Waals surface area contributed by atoms with Crippen LogP contribution in [0.25, 0.3) is 0 Å². The molecule has 0 aromatic heterocycles. The molecule has 0 nitrogen and oxygen atoms in total. The van der Waals surface area contributed by atoms with E-state index in [1.165, 1.54) is 0 Å². The van der Waals surface area contributed by atoms with Gasteiger partial charge in [-0.15, -0.1) is 0 Å². The third kappa shape index (κ3) is 26.6. The molecule has 1 radical (unpaired) electrons. The molecule has 0 aromatic rings. The predicted octanol–water partition coefficient (Wildman–Crippen LogP) is 1.32. The molecule has 0 aliphatic carbocycles. The molecule has 5 heteroatoms. The van der Waals surface area contributed by atoms with Crippen molar-refractivity contribution in [2.75, 3.05) is 0 Å². The minimum absolute atomic E-state index is 0. The minimum Gasteiger partial charge on any atom is 0 e. The zero-order chi connectivity index (χ0) is 4.28. The van der Waals surface area contributed by atoms with Crippen LogP contribution in [0.15, 0.2) is 0 Å². The van der Waals surface area contributed by atoms with Crippen LogP contribution < -0.4 is 0 Å². The summed E-state index contributed by atoms with van der Waals surface area (Å²) in [5, 5.41) is 0. The standard InChI is InChI=1S/BCl2H2P.Pd/c1-4(2)3;/h1,4H;/q+1;/i1D;. The Morgan fingerprint density at radius 1 is 1.80 bits per heavy atom. The third-order valence-corrected chi connectivity index (χ3v) is 0. The first-order chi connectivity index (χ1) is 2.27. The average molecular weight is 222 g/mol. The summed E-state index contributed by atoms with van der Waals surface area (Å²) in [5.41, 5.74) is 0. The molecule has 0 atom stereocenters. The van der Waals surface area contributed by atoms with Crippen LogP contribution in [0.2, 0.25) is 0 Å². The van der Waals surface area contributed by atoms with Crippen LogP contribution in [-0.4, -0.2) is 8.86 Å². The molecular weight excluding hydrogens is 219 g/mol. The number of hydrogen-bond donors (Lipinski definition) is 0. The molecule has 0 aliphatic rings. The summed E-state index contributed by atoms with van der Waals surface area (Å²) in [7, 11) is 1.05. The van der Waals surface area contributed by atoms with Crippen molar-refractivity contribution in [1.82, 2.24) is 0 Å². The van der Waals surface area contributed by atoms with Gasteiger partial charge < -0.3 is 0 Å². The van der Waals surface area contributed by atoms with Gasteiger partial charge >= 0.3 is 7.53 Å². The van der Waals surface area contributed by atoms with E-state index < -0.39 is 6.51 Å². The molecule has 0 amide bonds. The van der Waals surface area contributed by atoms with E-state index in [1.54, 1.807) is 0 Å². The van der Waals surface area contributed by atoms with Crippen LogP contribution in [0, 0.1) is 0 Å². The first-order valence-electron chi connectivity index (χ1n) is 1.24. The predicted molar refractivity (Wildman–Crippen MR) is 27.2 cm³/mol. The Kier molecular flexibility index (Phi) is 7.73. The van der Waals surface area contributed by atoms with Gasteiger partial charge in [0.2, 0.25) is 0 Å². The van der Waals surface area contributed by atoms with Gasteiger partial charge in [0.05, 0.1) is 22.5 Å². The van der Waals surface area contributed by atoms with E-state index >= 15 is 0 Å². The SMILES string of the molecule is [2H][B][PH+](Cl)Cl.[Pd]. The van der Waals surface area contributed by atoms with Crippen LogP contribution in [0.3, 0.4) is 0 Å². The largest absolute Gasteiger partial charge is 0.375 e. The summed E-state index contributed by atoms with van der Waals surface area (Å²) >= 11 is 10.2. The molecule has 0 fully saturated rings. The van der Waals surface area contributed by atoms with Crippen molar-refractivity contribution in [3.8, 4) is 0 Å². The van der Waals surface area contributed by atoms with E-state index in [-0.39, 0.29) is 20.4 Å². The molecule has 0 N–H and O–H groups in total. The summed E-state index contributed by atoms with van der Waals surface area (Å²) in [6.07, 6.45) is 0. The summed E-state index contributed by atoms with van der Waals surface area (Å²) in [6, 6.07) is 0. The Balaban J connectivity index is 0. The van der Waals surface area contributed by atoms with Gasteiger partial charge in [0.15, 0.2) is 0 Å². The third-order valence-electron chi connectivity index (χ3n) is 0. The number of halogens is 2. The van der Waals surface area contributed by atoms with Crippen molar-refractivity contribution < 1.29 is 20.4 Å². The first-order valence-corrected chi connectivity index (χ1v) is 4.27. The van der Waals surface area contributed by atoms with E-state index in [1.807, 2.05) is 0 Å². The molecule has 0 saturated heterocycles. The molecule has 0 rings (SSSR count). The van der Waals surface area contributed by atoms with Crippen molar-refractivity contribution in [2.24, 2.45) is 0 Å². The minimum atomic E-state index is -1.39. The molecule has 33 valence electrons. The maximum absolute atomic E-state index is 6.31.